The average molecular weight is 411 g/mol. The van der Waals surface area contributed by atoms with Crippen LogP contribution in [0.15, 0.2) is 36.4 Å². The minimum Gasteiger partial charge on any atom is -0.342 e. The lowest BCUT2D eigenvalue weighted by Crippen LogP contribution is -2.42. The lowest BCUT2D eigenvalue weighted by Gasteiger charge is -2.32. The quantitative estimate of drug-likeness (QED) is 0.575. The van der Waals surface area contributed by atoms with Gasteiger partial charge in [0.2, 0.25) is 0 Å². The molecule has 0 bridgehead atoms. The van der Waals surface area contributed by atoms with Crippen LogP contribution in [0.1, 0.15) is 49.6 Å². The van der Waals surface area contributed by atoms with Gasteiger partial charge in [-0.3, -0.25) is 0 Å². The van der Waals surface area contributed by atoms with Gasteiger partial charge in [0.05, 0.1) is 16.7 Å². The maximum Gasteiger partial charge on any atom is 0.321 e. The van der Waals surface area contributed by atoms with Gasteiger partial charge in [-0.15, -0.1) is 0 Å². The van der Waals surface area contributed by atoms with Crippen molar-refractivity contribution in [2.24, 2.45) is 0 Å². The van der Waals surface area contributed by atoms with Crippen molar-refractivity contribution in [3.8, 4) is 0 Å². The molecule has 0 spiro atoms. The number of piperidine rings is 1. The number of carbonyl (C=O) groups is 1. The Hall–Kier alpha value is -2.53. The topological polar surface area (TPSA) is 61.0 Å². The monoisotopic (exact) mass is 410 g/mol. The molecule has 0 saturated carbocycles. The molecular weight excluding hydrogens is 384 g/mol. The number of H-pyrrole nitrogens is 1. The molecule has 1 fully saturated rings. The fourth-order valence-corrected chi connectivity index (χ4v) is 4.49. The number of likely N-dealkylation sites (tertiary alicyclic amines) is 1. The highest BCUT2D eigenvalue weighted by atomic mass is 35.5. The summed E-state index contributed by atoms with van der Waals surface area (Å²) < 4.78 is 0. The van der Waals surface area contributed by atoms with E-state index in [1.54, 1.807) is 0 Å². The fourth-order valence-electron chi connectivity index (χ4n) is 4.20. The molecule has 5 nitrogen and oxygen atoms in total. The number of rotatable bonds is 4. The van der Waals surface area contributed by atoms with Crippen LogP contribution >= 0.6 is 11.6 Å². The van der Waals surface area contributed by atoms with Crippen molar-refractivity contribution in [2.45, 2.75) is 45.4 Å². The van der Waals surface area contributed by atoms with Gasteiger partial charge in [0.1, 0.15) is 5.82 Å². The van der Waals surface area contributed by atoms with Gasteiger partial charge in [0.15, 0.2) is 0 Å². The van der Waals surface area contributed by atoms with Crippen molar-refractivity contribution in [3.05, 3.63) is 58.4 Å². The van der Waals surface area contributed by atoms with Gasteiger partial charge in [-0.05, 0) is 55.0 Å². The second-order valence-electron chi connectivity index (χ2n) is 7.62. The maximum absolute atomic E-state index is 13.1. The van der Waals surface area contributed by atoms with E-state index in [0.717, 1.165) is 65.9 Å². The molecule has 1 saturated heterocycles. The number of nitrogens with one attached hydrogen (secondary N) is 2. The molecule has 6 heteroatoms. The molecule has 2 N–H and O–H groups in total. The molecule has 4 rings (SSSR count). The first kappa shape index (κ1) is 19.8. The number of para-hydroxylation sites is 2. The van der Waals surface area contributed by atoms with Crippen LogP contribution in [-0.2, 0) is 12.8 Å². The summed E-state index contributed by atoms with van der Waals surface area (Å²) in [6.45, 7) is 5.58. The number of nitrogens with zero attached hydrogens (tertiary/aromatic N) is 2. The van der Waals surface area contributed by atoms with Gasteiger partial charge in [0.25, 0.3) is 0 Å². The molecule has 1 aliphatic heterocycles. The number of hydrogen-bond donors (Lipinski definition) is 2. The molecule has 1 aliphatic rings. The number of halogens is 1. The lowest BCUT2D eigenvalue weighted by molar-refractivity contribution is 0.191. The minimum atomic E-state index is -0.0579. The summed E-state index contributed by atoms with van der Waals surface area (Å²) in [6.07, 6.45) is 3.62. The van der Waals surface area contributed by atoms with Gasteiger partial charge in [-0.2, -0.15) is 0 Å². The fraction of sp³-hybridized carbons (Fsp3) is 0.391. The number of aromatic amines is 1. The third-order valence-corrected chi connectivity index (χ3v) is 6.17. The number of imidazole rings is 1. The molecule has 29 heavy (non-hydrogen) atoms. The van der Waals surface area contributed by atoms with Gasteiger partial charge in [-0.1, -0.05) is 43.6 Å². The number of carbonyl (C=O) groups excluding carboxylic acids is 1. The Labute approximate surface area is 176 Å². The summed E-state index contributed by atoms with van der Waals surface area (Å²) in [4.78, 5) is 23.2. The van der Waals surface area contributed by atoms with Crippen LogP contribution in [0.4, 0.5) is 10.5 Å². The molecule has 1 unspecified atom stereocenters. The van der Waals surface area contributed by atoms with Crippen molar-refractivity contribution >= 4 is 34.4 Å². The van der Waals surface area contributed by atoms with Crippen molar-refractivity contribution < 1.29 is 4.79 Å². The molecule has 2 heterocycles. The van der Waals surface area contributed by atoms with E-state index in [1.165, 1.54) is 0 Å². The number of amides is 2. The molecule has 0 radical (unpaired) electrons. The molecule has 2 aromatic carbocycles. The molecule has 0 aliphatic carbocycles. The number of aryl methyl sites for hydroxylation is 1. The van der Waals surface area contributed by atoms with E-state index in [9.17, 15) is 4.79 Å². The Morgan fingerprint density at radius 2 is 2.07 bits per heavy atom. The second-order valence-corrected chi connectivity index (χ2v) is 8.03. The standard InChI is InChI=1S/C23H27ClN4O/c1-3-15-11-12-18(24)17(4-2)21(15)27-23(29)28-13-7-8-16(14-28)22-25-19-9-5-6-10-20(19)26-22/h5-6,9-12,16H,3-4,7-8,13-14H2,1-2H3,(H,25,26)(H,27,29). The highest BCUT2D eigenvalue weighted by molar-refractivity contribution is 6.32. The zero-order chi connectivity index (χ0) is 20.4. The zero-order valence-electron chi connectivity index (χ0n) is 17.0. The second kappa shape index (κ2) is 8.46. The van der Waals surface area contributed by atoms with E-state index in [0.29, 0.717) is 11.6 Å². The first-order chi connectivity index (χ1) is 14.1. The summed E-state index contributed by atoms with van der Waals surface area (Å²) in [5, 5.41) is 3.87. The van der Waals surface area contributed by atoms with Crippen molar-refractivity contribution in [1.29, 1.82) is 0 Å². The maximum atomic E-state index is 13.1. The van der Waals surface area contributed by atoms with Crippen molar-refractivity contribution in [2.75, 3.05) is 18.4 Å². The summed E-state index contributed by atoms with van der Waals surface area (Å²) in [6, 6.07) is 11.9. The summed E-state index contributed by atoms with van der Waals surface area (Å²) in [5.74, 6) is 1.19. The van der Waals surface area contributed by atoms with Gasteiger partial charge >= 0.3 is 6.03 Å². The number of hydrogen-bond acceptors (Lipinski definition) is 2. The molecule has 1 aromatic heterocycles. The van der Waals surface area contributed by atoms with Crippen LogP contribution in [0.3, 0.4) is 0 Å². The Morgan fingerprint density at radius 3 is 2.83 bits per heavy atom. The normalized spacial score (nSPS) is 16.9. The zero-order valence-corrected chi connectivity index (χ0v) is 17.7. The van der Waals surface area contributed by atoms with Crippen molar-refractivity contribution in [1.82, 2.24) is 14.9 Å². The van der Waals surface area contributed by atoms with Crippen LogP contribution < -0.4 is 5.32 Å². The predicted molar refractivity (Wildman–Crippen MR) is 119 cm³/mol. The number of aromatic nitrogens is 2. The molecule has 152 valence electrons. The highest BCUT2D eigenvalue weighted by Crippen LogP contribution is 2.31. The van der Waals surface area contributed by atoms with Crippen LogP contribution in [-0.4, -0.2) is 34.0 Å². The van der Waals surface area contributed by atoms with Gasteiger partial charge < -0.3 is 15.2 Å². The van der Waals surface area contributed by atoms with E-state index >= 15 is 0 Å². The third kappa shape index (κ3) is 3.97. The summed E-state index contributed by atoms with van der Waals surface area (Å²) in [7, 11) is 0. The number of urea groups is 1. The van der Waals surface area contributed by atoms with E-state index < -0.39 is 0 Å². The molecule has 3 aromatic rings. The first-order valence-corrected chi connectivity index (χ1v) is 10.8. The Bertz CT molecular complexity index is 996. The molecule has 2 amide bonds. The summed E-state index contributed by atoms with van der Waals surface area (Å²) in [5.41, 5.74) is 5.01. The molecular formula is C23H27ClN4O. The minimum absolute atomic E-state index is 0.0579. The van der Waals surface area contributed by atoms with Crippen LogP contribution in [0.25, 0.3) is 11.0 Å². The number of fused-ring (bicyclic) bond motifs is 1. The van der Waals surface area contributed by atoms with Crippen LogP contribution in [0.2, 0.25) is 5.02 Å². The van der Waals surface area contributed by atoms with Gasteiger partial charge in [-0.25, -0.2) is 9.78 Å². The van der Waals surface area contributed by atoms with Crippen LogP contribution in [0.5, 0.6) is 0 Å². The smallest absolute Gasteiger partial charge is 0.321 e. The summed E-state index contributed by atoms with van der Waals surface area (Å²) >= 11 is 6.39. The Morgan fingerprint density at radius 1 is 1.24 bits per heavy atom. The number of benzene rings is 2. The Balaban J connectivity index is 1.53. The number of anilines is 1. The van der Waals surface area contributed by atoms with Crippen LogP contribution in [0, 0.1) is 0 Å². The molecule has 1 atom stereocenters. The predicted octanol–water partition coefficient (Wildman–Crippen LogP) is 5.75. The first-order valence-electron chi connectivity index (χ1n) is 10.4. The lowest BCUT2D eigenvalue weighted by atomic mass is 9.97. The average Bonchev–Trinajstić information content (AvgIpc) is 3.18. The van der Waals surface area contributed by atoms with Crippen molar-refractivity contribution in [3.63, 3.8) is 0 Å². The van der Waals surface area contributed by atoms with E-state index in [4.69, 9.17) is 16.6 Å². The third-order valence-electron chi connectivity index (χ3n) is 5.81. The Kier molecular flexibility index (Phi) is 5.76. The van der Waals surface area contributed by atoms with E-state index in [-0.39, 0.29) is 11.9 Å². The van der Waals surface area contributed by atoms with E-state index in [2.05, 4.69) is 24.1 Å². The highest BCUT2D eigenvalue weighted by Gasteiger charge is 2.27. The SMILES string of the molecule is CCc1ccc(Cl)c(CC)c1NC(=O)N1CCCC(c2nc3ccccc3[nH]2)C1. The largest absolute Gasteiger partial charge is 0.342 e. The van der Waals surface area contributed by atoms with E-state index in [1.807, 2.05) is 41.3 Å². The van der Waals surface area contributed by atoms with Gasteiger partial charge in [0, 0.05) is 24.0 Å².